The molecule has 0 saturated carbocycles. The zero-order valence-corrected chi connectivity index (χ0v) is 14.9. The van der Waals surface area contributed by atoms with E-state index in [1.54, 1.807) is 0 Å². The second-order valence-electron chi connectivity index (χ2n) is 6.31. The second-order valence-corrected chi connectivity index (χ2v) is 6.31. The van der Waals surface area contributed by atoms with E-state index in [1.165, 1.54) is 11.8 Å². The fourth-order valence-electron chi connectivity index (χ4n) is 2.52. The van der Waals surface area contributed by atoms with Gasteiger partial charge in [-0.15, -0.1) is 0 Å². The molecule has 1 aliphatic heterocycles. The van der Waals surface area contributed by atoms with Crippen LogP contribution in [-0.2, 0) is 9.53 Å². The molecule has 0 unspecified atom stereocenters. The van der Waals surface area contributed by atoms with Crippen molar-refractivity contribution in [2.45, 2.75) is 19.8 Å². The van der Waals surface area contributed by atoms with Crippen LogP contribution in [0.4, 0.5) is 5.69 Å². The predicted molar refractivity (Wildman–Crippen MR) is 98.1 cm³/mol. The smallest absolute Gasteiger partial charge is 0.267 e. The van der Waals surface area contributed by atoms with Gasteiger partial charge in [-0.05, 0) is 23.6 Å². The maximum absolute atomic E-state index is 12.2. The molecule has 1 aromatic carbocycles. The third-order valence-electron chi connectivity index (χ3n) is 4.12. The standard InChI is InChI=1S/C19H26N4O2/c1-15(2)16-3-5-18(6-4-16)22-19(24)17(13-20)14-21-7-8-23-9-11-25-12-10-23/h3-6,14-15,21H,7-12H2,1-2H3,(H,22,24)/b17-14-. The number of nitrogens with one attached hydrogen (secondary N) is 2. The lowest BCUT2D eigenvalue weighted by Crippen LogP contribution is -2.39. The van der Waals surface area contributed by atoms with Crippen molar-refractivity contribution in [2.75, 3.05) is 44.7 Å². The van der Waals surface area contributed by atoms with Gasteiger partial charge in [0, 0.05) is 38.1 Å². The first-order valence-electron chi connectivity index (χ1n) is 8.65. The number of nitriles is 1. The number of hydrogen-bond acceptors (Lipinski definition) is 5. The molecule has 6 nitrogen and oxygen atoms in total. The summed E-state index contributed by atoms with van der Waals surface area (Å²) in [6, 6.07) is 9.62. The Labute approximate surface area is 149 Å². The highest BCUT2D eigenvalue weighted by molar-refractivity contribution is 6.06. The van der Waals surface area contributed by atoms with Gasteiger partial charge >= 0.3 is 0 Å². The van der Waals surface area contributed by atoms with Gasteiger partial charge in [0.25, 0.3) is 5.91 Å². The molecule has 1 heterocycles. The van der Waals surface area contributed by atoms with E-state index in [0.717, 1.165) is 32.8 Å². The average Bonchev–Trinajstić information content (AvgIpc) is 2.63. The first-order valence-corrected chi connectivity index (χ1v) is 8.65. The van der Waals surface area contributed by atoms with E-state index in [2.05, 4.69) is 29.4 Å². The van der Waals surface area contributed by atoms with Gasteiger partial charge in [-0.2, -0.15) is 5.26 Å². The molecule has 0 bridgehead atoms. The van der Waals surface area contributed by atoms with Gasteiger partial charge in [-0.1, -0.05) is 26.0 Å². The summed E-state index contributed by atoms with van der Waals surface area (Å²) in [5.41, 5.74) is 1.96. The molecule has 1 aromatic rings. The Kier molecular flexibility index (Phi) is 7.45. The van der Waals surface area contributed by atoms with E-state index in [-0.39, 0.29) is 5.57 Å². The molecule has 134 valence electrons. The molecule has 2 rings (SSSR count). The summed E-state index contributed by atoms with van der Waals surface area (Å²) >= 11 is 0. The highest BCUT2D eigenvalue weighted by atomic mass is 16.5. The largest absolute Gasteiger partial charge is 0.388 e. The molecule has 0 aliphatic carbocycles. The fraction of sp³-hybridized carbons (Fsp3) is 0.474. The van der Waals surface area contributed by atoms with Crippen LogP contribution < -0.4 is 10.6 Å². The van der Waals surface area contributed by atoms with Crippen LogP contribution in [0.2, 0.25) is 0 Å². The summed E-state index contributed by atoms with van der Waals surface area (Å²) in [7, 11) is 0. The van der Waals surface area contributed by atoms with E-state index < -0.39 is 5.91 Å². The van der Waals surface area contributed by atoms with Crippen LogP contribution in [0.15, 0.2) is 36.0 Å². The normalized spacial score (nSPS) is 15.7. The van der Waals surface area contributed by atoms with Crippen molar-refractivity contribution in [1.82, 2.24) is 10.2 Å². The Morgan fingerprint density at radius 2 is 2.00 bits per heavy atom. The molecule has 0 atom stereocenters. The zero-order chi connectivity index (χ0) is 18.1. The SMILES string of the molecule is CC(C)c1ccc(NC(=O)/C(C#N)=C\NCCN2CCOCC2)cc1. The van der Waals surface area contributed by atoms with E-state index in [0.29, 0.717) is 18.2 Å². The van der Waals surface area contributed by atoms with E-state index >= 15 is 0 Å². The minimum absolute atomic E-state index is 0.0647. The van der Waals surface area contributed by atoms with Gasteiger partial charge in [-0.3, -0.25) is 9.69 Å². The minimum Gasteiger partial charge on any atom is -0.388 e. The number of nitrogens with zero attached hydrogens (tertiary/aromatic N) is 2. The van der Waals surface area contributed by atoms with Gasteiger partial charge in [0.05, 0.1) is 13.2 Å². The molecule has 1 amide bonds. The minimum atomic E-state index is -0.404. The summed E-state index contributed by atoms with van der Waals surface area (Å²) in [4.78, 5) is 14.5. The van der Waals surface area contributed by atoms with Gasteiger partial charge in [0.2, 0.25) is 0 Å². The van der Waals surface area contributed by atoms with Crippen LogP contribution in [0.25, 0.3) is 0 Å². The van der Waals surface area contributed by atoms with E-state index in [4.69, 9.17) is 4.74 Å². The molecule has 0 aromatic heterocycles. The highest BCUT2D eigenvalue weighted by Crippen LogP contribution is 2.17. The zero-order valence-electron chi connectivity index (χ0n) is 14.9. The molecular formula is C19H26N4O2. The number of ether oxygens (including phenoxy) is 1. The molecular weight excluding hydrogens is 316 g/mol. The molecule has 25 heavy (non-hydrogen) atoms. The number of amides is 1. The van der Waals surface area contributed by atoms with Gasteiger partial charge < -0.3 is 15.4 Å². The maximum Gasteiger partial charge on any atom is 0.267 e. The number of anilines is 1. The predicted octanol–water partition coefficient (Wildman–Crippen LogP) is 2.08. The van der Waals surface area contributed by atoms with E-state index in [9.17, 15) is 10.1 Å². The third kappa shape index (κ3) is 6.22. The third-order valence-corrected chi connectivity index (χ3v) is 4.12. The van der Waals surface area contributed by atoms with Crippen LogP contribution in [0.5, 0.6) is 0 Å². The summed E-state index contributed by atoms with van der Waals surface area (Å²) < 4.78 is 5.30. The van der Waals surface area contributed by atoms with Crippen LogP contribution in [0.3, 0.4) is 0 Å². The van der Waals surface area contributed by atoms with Gasteiger partial charge in [-0.25, -0.2) is 0 Å². The Bertz CT molecular complexity index is 626. The van der Waals surface area contributed by atoms with Gasteiger partial charge in [0.15, 0.2) is 0 Å². The lowest BCUT2D eigenvalue weighted by atomic mass is 10.0. The van der Waals surface area contributed by atoms with Crippen LogP contribution in [-0.4, -0.2) is 50.2 Å². The number of rotatable bonds is 7. The average molecular weight is 342 g/mol. The molecule has 0 radical (unpaired) electrons. The van der Waals surface area contributed by atoms with Crippen LogP contribution in [0, 0.1) is 11.3 Å². The topological polar surface area (TPSA) is 77.4 Å². The molecule has 1 fully saturated rings. The molecule has 2 N–H and O–H groups in total. The summed E-state index contributed by atoms with van der Waals surface area (Å²) in [6.45, 7) is 9.14. The van der Waals surface area contributed by atoms with Crippen LogP contribution >= 0.6 is 0 Å². The highest BCUT2D eigenvalue weighted by Gasteiger charge is 2.11. The van der Waals surface area contributed by atoms with Crippen LogP contribution in [0.1, 0.15) is 25.3 Å². The number of benzene rings is 1. The quantitative estimate of drug-likeness (QED) is 0.451. The molecule has 1 saturated heterocycles. The van der Waals surface area contributed by atoms with E-state index in [1.807, 2.05) is 30.3 Å². The van der Waals surface area contributed by atoms with Crippen molar-refractivity contribution in [3.8, 4) is 6.07 Å². The number of carbonyl (C=O) groups excluding carboxylic acids is 1. The lowest BCUT2D eigenvalue weighted by molar-refractivity contribution is -0.112. The summed E-state index contributed by atoms with van der Waals surface area (Å²) in [5, 5.41) is 15.0. The number of carbonyl (C=O) groups is 1. The Morgan fingerprint density at radius 1 is 1.32 bits per heavy atom. The van der Waals surface area contributed by atoms with Gasteiger partial charge in [0.1, 0.15) is 11.6 Å². The monoisotopic (exact) mass is 342 g/mol. The van der Waals surface area contributed by atoms with Crippen molar-refractivity contribution in [3.05, 3.63) is 41.6 Å². The maximum atomic E-state index is 12.2. The Morgan fingerprint density at radius 3 is 2.60 bits per heavy atom. The van der Waals surface area contributed by atoms with Crippen molar-refractivity contribution in [1.29, 1.82) is 5.26 Å². The first-order chi connectivity index (χ1) is 12.1. The summed E-state index contributed by atoms with van der Waals surface area (Å²) in [6.07, 6.45) is 1.48. The molecule has 1 aliphatic rings. The van der Waals surface area contributed by atoms with Crippen molar-refractivity contribution < 1.29 is 9.53 Å². The second kappa shape index (κ2) is 9.82. The number of morpholine rings is 1. The Hall–Kier alpha value is -2.36. The van der Waals surface area contributed by atoms with Crippen molar-refractivity contribution >= 4 is 11.6 Å². The van der Waals surface area contributed by atoms with Crippen molar-refractivity contribution in [2.24, 2.45) is 0 Å². The lowest BCUT2D eigenvalue weighted by Gasteiger charge is -2.26. The first kappa shape index (κ1) is 19.0. The molecule has 0 spiro atoms. The number of hydrogen-bond donors (Lipinski definition) is 2. The Balaban J connectivity index is 1.81. The fourth-order valence-corrected chi connectivity index (χ4v) is 2.52. The molecule has 6 heteroatoms. The van der Waals surface area contributed by atoms with Crippen molar-refractivity contribution in [3.63, 3.8) is 0 Å². The summed E-state index contributed by atoms with van der Waals surface area (Å²) in [5.74, 6) is 0.0358.